The van der Waals surface area contributed by atoms with Crippen molar-refractivity contribution in [1.82, 2.24) is 4.57 Å². The molecule has 25 heavy (non-hydrogen) atoms. The lowest BCUT2D eigenvalue weighted by molar-refractivity contribution is 0.0523. The highest BCUT2D eigenvalue weighted by Crippen LogP contribution is 2.39. The van der Waals surface area contributed by atoms with E-state index >= 15 is 0 Å². The molecule has 130 valence electrons. The topological polar surface area (TPSA) is 77.8 Å². The Labute approximate surface area is 144 Å². The van der Waals surface area contributed by atoms with E-state index in [2.05, 4.69) is 0 Å². The molecule has 3 rings (SSSR count). The third kappa shape index (κ3) is 2.59. The van der Waals surface area contributed by atoms with Crippen molar-refractivity contribution >= 4 is 33.7 Å². The molecule has 0 spiro atoms. The molecule has 2 aromatic carbocycles. The summed E-state index contributed by atoms with van der Waals surface area (Å²) < 4.78 is 12.0. The summed E-state index contributed by atoms with van der Waals surface area (Å²) in [4.78, 5) is 24.7. The van der Waals surface area contributed by atoms with Gasteiger partial charge in [-0.05, 0) is 26.0 Å². The molecule has 0 aliphatic heterocycles. The maximum Gasteiger partial charge on any atom is 0.341 e. The van der Waals surface area contributed by atoms with Gasteiger partial charge in [0.25, 0.3) is 0 Å². The molecule has 6 heteroatoms. The van der Waals surface area contributed by atoms with Crippen LogP contribution in [0.3, 0.4) is 0 Å². The Hall–Kier alpha value is -3.02. The van der Waals surface area contributed by atoms with Crippen molar-refractivity contribution in [2.24, 2.45) is 7.05 Å². The first-order chi connectivity index (χ1) is 12.0. The van der Waals surface area contributed by atoms with Crippen LogP contribution in [0.5, 0.6) is 5.75 Å². The van der Waals surface area contributed by atoms with Crippen LogP contribution in [0.1, 0.15) is 34.6 Å². The molecular formula is C19H19NO5. The molecule has 0 amide bonds. The molecule has 0 saturated heterocycles. The highest BCUT2D eigenvalue weighted by Gasteiger charge is 2.26. The summed E-state index contributed by atoms with van der Waals surface area (Å²) in [6.45, 7) is 3.77. The smallest absolute Gasteiger partial charge is 0.341 e. The minimum atomic E-state index is -0.680. The molecule has 0 saturated carbocycles. The van der Waals surface area contributed by atoms with Crippen LogP contribution in [-0.4, -0.2) is 34.8 Å². The number of aromatic hydroxyl groups is 1. The number of benzene rings is 2. The molecule has 1 N–H and O–H groups in total. The number of aryl methyl sites for hydroxylation is 1. The number of ether oxygens (including phenoxy) is 2. The Balaban J connectivity index is 2.45. The normalized spacial score (nSPS) is 11.0. The molecule has 0 radical (unpaired) electrons. The number of hydrogen-bond acceptors (Lipinski definition) is 5. The Morgan fingerprint density at radius 1 is 1.04 bits per heavy atom. The molecule has 1 aromatic heterocycles. The van der Waals surface area contributed by atoms with Crippen LogP contribution < -0.4 is 0 Å². The van der Waals surface area contributed by atoms with E-state index in [0.717, 1.165) is 10.9 Å². The fraction of sp³-hybridized carbons (Fsp3) is 0.263. The molecule has 0 bridgehead atoms. The van der Waals surface area contributed by atoms with Crippen LogP contribution in [0.2, 0.25) is 0 Å². The number of hydrogen-bond donors (Lipinski definition) is 1. The number of rotatable bonds is 4. The maximum atomic E-state index is 12.5. The van der Waals surface area contributed by atoms with Crippen molar-refractivity contribution < 1.29 is 24.2 Å². The van der Waals surface area contributed by atoms with Crippen LogP contribution >= 0.6 is 0 Å². The molecule has 0 atom stereocenters. The van der Waals surface area contributed by atoms with Crippen LogP contribution in [-0.2, 0) is 16.5 Å². The summed E-state index contributed by atoms with van der Waals surface area (Å²) in [6, 6.07) is 8.76. The monoisotopic (exact) mass is 341 g/mol. The third-order valence-corrected chi connectivity index (χ3v) is 4.13. The van der Waals surface area contributed by atoms with E-state index in [1.54, 1.807) is 20.9 Å². The van der Waals surface area contributed by atoms with Crippen molar-refractivity contribution in [3.8, 4) is 5.75 Å². The predicted molar refractivity (Wildman–Crippen MR) is 94.0 cm³/mol. The Bertz CT molecular complexity index is 987. The molecular weight excluding hydrogens is 322 g/mol. The second kappa shape index (κ2) is 6.47. The fourth-order valence-electron chi connectivity index (χ4n) is 3.09. The van der Waals surface area contributed by atoms with Gasteiger partial charge in [0.1, 0.15) is 11.3 Å². The van der Waals surface area contributed by atoms with Crippen LogP contribution in [0.15, 0.2) is 30.3 Å². The molecule has 6 nitrogen and oxygen atoms in total. The van der Waals surface area contributed by atoms with Crippen LogP contribution in [0.25, 0.3) is 21.8 Å². The summed E-state index contributed by atoms with van der Waals surface area (Å²) in [5.41, 5.74) is 1.52. The van der Waals surface area contributed by atoms with E-state index in [-0.39, 0.29) is 30.1 Å². The number of phenols is 1. The fourth-order valence-corrected chi connectivity index (χ4v) is 3.09. The highest BCUT2D eigenvalue weighted by atomic mass is 16.5. The number of carbonyl (C=O) groups is 2. The average Bonchev–Trinajstić information content (AvgIpc) is 2.90. The third-order valence-electron chi connectivity index (χ3n) is 4.13. The van der Waals surface area contributed by atoms with Crippen molar-refractivity contribution in [2.45, 2.75) is 13.8 Å². The van der Waals surface area contributed by atoms with E-state index in [1.165, 1.54) is 6.07 Å². The van der Waals surface area contributed by atoms with Gasteiger partial charge in [-0.25, -0.2) is 9.59 Å². The lowest BCUT2D eigenvalue weighted by atomic mass is 10.0. The summed E-state index contributed by atoms with van der Waals surface area (Å²) in [5, 5.41) is 11.9. The molecule has 3 aromatic rings. The highest BCUT2D eigenvalue weighted by molar-refractivity contribution is 6.19. The molecule has 0 unspecified atom stereocenters. The Morgan fingerprint density at radius 3 is 2.28 bits per heavy atom. The van der Waals surface area contributed by atoms with E-state index in [4.69, 9.17) is 9.47 Å². The van der Waals surface area contributed by atoms with Gasteiger partial charge in [0, 0.05) is 18.0 Å². The summed E-state index contributed by atoms with van der Waals surface area (Å²) in [7, 11) is 1.80. The van der Waals surface area contributed by atoms with E-state index in [0.29, 0.717) is 10.9 Å². The number of aromatic nitrogens is 1. The quantitative estimate of drug-likeness (QED) is 0.736. The van der Waals surface area contributed by atoms with Crippen molar-refractivity contribution in [3.05, 3.63) is 41.5 Å². The zero-order valence-electron chi connectivity index (χ0n) is 14.3. The van der Waals surface area contributed by atoms with Crippen LogP contribution in [0.4, 0.5) is 0 Å². The second-order valence-corrected chi connectivity index (χ2v) is 5.56. The van der Waals surface area contributed by atoms with Gasteiger partial charge in [0.05, 0.1) is 29.7 Å². The maximum absolute atomic E-state index is 12.5. The van der Waals surface area contributed by atoms with Gasteiger partial charge in [-0.1, -0.05) is 18.2 Å². The number of nitrogens with zero attached hydrogens (tertiary/aromatic N) is 1. The van der Waals surface area contributed by atoms with Gasteiger partial charge in [-0.3, -0.25) is 0 Å². The largest absolute Gasteiger partial charge is 0.506 e. The average molecular weight is 341 g/mol. The molecule has 1 heterocycles. The summed E-state index contributed by atoms with van der Waals surface area (Å²) in [5.74, 6) is -1.43. The number of esters is 2. The summed E-state index contributed by atoms with van der Waals surface area (Å²) >= 11 is 0. The lowest BCUT2D eigenvalue weighted by Crippen LogP contribution is -2.11. The van der Waals surface area contributed by atoms with E-state index < -0.39 is 11.9 Å². The lowest BCUT2D eigenvalue weighted by Gasteiger charge is -2.11. The van der Waals surface area contributed by atoms with Crippen molar-refractivity contribution in [3.63, 3.8) is 0 Å². The molecule has 0 fully saturated rings. The molecule has 0 aliphatic rings. The minimum Gasteiger partial charge on any atom is -0.506 e. The predicted octanol–water partition coefficient (Wildman–Crippen LogP) is 3.39. The Morgan fingerprint density at radius 2 is 1.64 bits per heavy atom. The number of fused-ring (bicyclic) bond motifs is 3. The zero-order chi connectivity index (χ0) is 18.1. The van der Waals surface area contributed by atoms with Gasteiger partial charge < -0.3 is 19.1 Å². The number of phenolic OH excluding ortho intramolecular Hbond substituents is 1. The van der Waals surface area contributed by atoms with Gasteiger partial charge in [-0.15, -0.1) is 0 Å². The van der Waals surface area contributed by atoms with E-state index in [1.807, 2.05) is 28.8 Å². The summed E-state index contributed by atoms with van der Waals surface area (Å²) in [6.07, 6.45) is 0. The first-order valence-corrected chi connectivity index (χ1v) is 8.08. The van der Waals surface area contributed by atoms with Crippen molar-refractivity contribution in [1.29, 1.82) is 0 Å². The van der Waals surface area contributed by atoms with Crippen molar-refractivity contribution in [2.75, 3.05) is 13.2 Å². The van der Waals surface area contributed by atoms with Gasteiger partial charge >= 0.3 is 11.9 Å². The first-order valence-electron chi connectivity index (χ1n) is 8.08. The molecule has 0 aliphatic carbocycles. The van der Waals surface area contributed by atoms with Gasteiger partial charge in [0.15, 0.2) is 0 Å². The van der Waals surface area contributed by atoms with Crippen LogP contribution in [0, 0.1) is 0 Å². The first kappa shape index (κ1) is 16.8. The van der Waals surface area contributed by atoms with Gasteiger partial charge in [0.2, 0.25) is 0 Å². The second-order valence-electron chi connectivity index (χ2n) is 5.56. The minimum absolute atomic E-state index is 0.0474. The van der Waals surface area contributed by atoms with E-state index in [9.17, 15) is 14.7 Å². The number of carbonyl (C=O) groups excluding carboxylic acids is 2. The Kier molecular flexibility index (Phi) is 4.35. The SMILES string of the molecule is CCOC(=O)c1cc(C(=O)OCC)c2c(c1O)c1ccccc1n2C. The zero-order valence-corrected chi connectivity index (χ0v) is 14.3. The standard InChI is InChI=1S/C19H19NO5/c1-4-24-18(22)12-10-13(19(23)25-5-2)17(21)15-11-8-6-7-9-14(11)20(3)16(12)15/h6-10,21H,4-5H2,1-3H3. The number of para-hydroxylation sites is 1. The van der Waals surface area contributed by atoms with Gasteiger partial charge in [-0.2, -0.15) is 0 Å².